The van der Waals surface area contributed by atoms with Crippen LogP contribution in [0.3, 0.4) is 0 Å². The number of nitrogens with zero attached hydrogens (tertiary/aromatic N) is 8. The van der Waals surface area contributed by atoms with Crippen molar-refractivity contribution in [2.24, 2.45) is 7.05 Å². The van der Waals surface area contributed by atoms with Gasteiger partial charge in [-0.2, -0.15) is 28.2 Å². The van der Waals surface area contributed by atoms with Gasteiger partial charge < -0.3 is 25.3 Å². The van der Waals surface area contributed by atoms with Crippen LogP contribution in [-0.4, -0.2) is 71.5 Å². The number of H-pyrrole nitrogens is 1. The van der Waals surface area contributed by atoms with E-state index in [9.17, 15) is 18.0 Å². The number of fused-ring (bicyclic) bond motifs is 2. The van der Waals surface area contributed by atoms with Crippen LogP contribution in [-0.2, 0) is 29.3 Å². The fraction of sp³-hybridized carbons (Fsp3) is 0.226. The molecule has 4 aromatic heterocycles. The maximum atomic E-state index is 12.8. The predicted octanol–water partition coefficient (Wildman–Crippen LogP) is 4.54. The third-order valence-corrected chi connectivity index (χ3v) is 7.53. The number of carbonyl (C=O) groups excluding carboxylic acids is 1. The van der Waals surface area contributed by atoms with Gasteiger partial charge in [0, 0.05) is 38.1 Å². The summed E-state index contributed by atoms with van der Waals surface area (Å²) in [5, 5.41) is 10.4. The summed E-state index contributed by atoms with van der Waals surface area (Å²) in [5.41, 5.74) is 3.69. The van der Waals surface area contributed by atoms with Crippen LogP contribution in [0.25, 0.3) is 34.0 Å². The summed E-state index contributed by atoms with van der Waals surface area (Å²) in [6, 6.07) is 9.81. The first-order chi connectivity index (χ1) is 22.7. The molecule has 0 spiro atoms. The van der Waals surface area contributed by atoms with Gasteiger partial charge in [-0.05, 0) is 42.0 Å². The number of halogens is 3. The smallest absolute Gasteiger partial charge is 0.378 e. The molecule has 1 amide bonds. The van der Waals surface area contributed by atoms with Gasteiger partial charge in [0.1, 0.15) is 12.2 Å². The van der Waals surface area contributed by atoms with E-state index in [1.807, 2.05) is 17.8 Å². The molecule has 13 nitrogen and oxygen atoms in total. The lowest BCUT2D eigenvalue weighted by molar-refractivity contribution is -0.137. The summed E-state index contributed by atoms with van der Waals surface area (Å²) >= 11 is 0. The van der Waals surface area contributed by atoms with Crippen molar-refractivity contribution in [3.63, 3.8) is 0 Å². The molecule has 0 bridgehead atoms. The number of carbonyl (C=O) groups is 1. The van der Waals surface area contributed by atoms with Gasteiger partial charge in [0.15, 0.2) is 17.0 Å². The average Bonchev–Trinajstić information content (AvgIpc) is 3.80. The summed E-state index contributed by atoms with van der Waals surface area (Å²) in [5.74, 6) is 1.32. The van der Waals surface area contributed by atoms with Crippen molar-refractivity contribution in [2.45, 2.75) is 12.7 Å². The Bertz CT molecular complexity index is 2090. The highest BCUT2D eigenvalue weighted by Gasteiger charge is 2.29. The number of hydrogen-bond donors (Lipinski definition) is 3. The van der Waals surface area contributed by atoms with Crippen LogP contribution in [0.4, 0.5) is 30.6 Å². The molecule has 2 aromatic carbocycles. The Balaban J connectivity index is 1.07. The Kier molecular flexibility index (Phi) is 7.77. The van der Waals surface area contributed by atoms with Gasteiger partial charge in [0.2, 0.25) is 11.9 Å². The molecule has 16 heteroatoms. The van der Waals surface area contributed by atoms with Crippen molar-refractivity contribution in [1.82, 2.24) is 39.3 Å². The van der Waals surface area contributed by atoms with Crippen LogP contribution in [0.2, 0.25) is 0 Å². The highest BCUT2D eigenvalue weighted by molar-refractivity contribution is 6.02. The number of morpholine rings is 1. The lowest BCUT2D eigenvalue weighted by atomic mass is 10.1. The minimum absolute atomic E-state index is 0.306. The van der Waals surface area contributed by atoms with Crippen LogP contribution in [0.1, 0.15) is 17.0 Å². The molecule has 0 atom stereocenters. The Labute approximate surface area is 265 Å². The number of amides is 1. The molecule has 0 aliphatic carbocycles. The molecule has 47 heavy (non-hydrogen) atoms. The topological polar surface area (TPSA) is 144 Å². The summed E-state index contributed by atoms with van der Waals surface area (Å²) in [6.07, 6.45) is 3.61. The van der Waals surface area contributed by atoms with Gasteiger partial charge in [-0.3, -0.25) is 14.0 Å². The zero-order chi connectivity index (χ0) is 32.5. The highest BCUT2D eigenvalue weighted by atomic mass is 19.4. The SMILES string of the molecule is Cn1cc(-n2cnc3c(NCc4nc5ccc(NC(=O)/C=C/c6ccc(C(F)(F)F)cc6)cc5[nH]4)nc(N4CCOCC4)nc32)cn1. The second-order valence-corrected chi connectivity index (χ2v) is 10.8. The number of anilines is 3. The zero-order valence-electron chi connectivity index (χ0n) is 25.0. The fourth-order valence-electron chi connectivity index (χ4n) is 5.17. The number of aromatic amines is 1. The number of benzene rings is 2. The molecule has 1 aliphatic heterocycles. The number of alkyl halides is 3. The monoisotopic (exact) mass is 643 g/mol. The van der Waals surface area contributed by atoms with Crippen LogP contribution in [0, 0.1) is 0 Å². The summed E-state index contributed by atoms with van der Waals surface area (Å²) in [4.78, 5) is 36.8. The molecule has 1 saturated heterocycles. The molecule has 1 aliphatic rings. The molecule has 240 valence electrons. The van der Waals surface area contributed by atoms with Crippen molar-refractivity contribution >= 4 is 51.6 Å². The molecule has 7 rings (SSSR count). The minimum Gasteiger partial charge on any atom is -0.378 e. The number of ether oxygens (including phenoxy) is 1. The minimum atomic E-state index is -4.42. The van der Waals surface area contributed by atoms with Crippen molar-refractivity contribution in [3.05, 3.63) is 84.2 Å². The fourth-order valence-corrected chi connectivity index (χ4v) is 5.17. The third-order valence-electron chi connectivity index (χ3n) is 7.53. The van der Waals surface area contributed by atoms with Crippen LogP contribution < -0.4 is 15.5 Å². The zero-order valence-corrected chi connectivity index (χ0v) is 25.0. The van der Waals surface area contributed by atoms with E-state index in [1.54, 1.807) is 35.4 Å². The van der Waals surface area contributed by atoms with Crippen molar-refractivity contribution in [3.8, 4) is 5.69 Å². The van der Waals surface area contributed by atoms with E-state index in [4.69, 9.17) is 14.7 Å². The van der Waals surface area contributed by atoms with Gasteiger partial charge in [-0.25, -0.2) is 9.97 Å². The molecular formula is C31H28F3N11O2. The molecule has 0 saturated carbocycles. The van der Waals surface area contributed by atoms with E-state index < -0.39 is 17.6 Å². The van der Waals surface area contributed by atoms with E-state index in [-0.39, 0.29) is 0 Å². The molecular weight excluding hydrogens is 615 g/mol. The summed E-state index contributed by atoms with van der Waals surface area (Å²) < 4.78 is 47.5. The number of aromatic nitrogens is 8. The van der Waals surface area contributed by atoms with Crippen LogP contribution >= 0.6 is 0 Å². The average molecular weight is 644 g/mol. The van der Waals surface area contributed by atoms with E-state index in [2.05, 4.69) is 35.6 Å². The van der Waals surface area contributed by atoms with Crippen molar-refractivity contribution in [1.29, 1.82) is 0 Å². The van der Waals surface area contributed by atoms with Gasteiger partial charge >= 0.3 is 6.18 Å². The van der Waals surface area contributed by atoms with Gasteiger partial charge in [0.05, 0.1) is 48.2 Å². The number of rotatable bonds is 8. The van der Waals surface area contributed by atoms with E-state index in [0.717, 1.165) is 17.8 Å². The highest BCUT2D eigenvalue weighted by Crippen LogP contribution is 2.29. The maximum Gasteiger partial charge on any atom is 0.416 e. The first-order valence-corrected chi connectivity index (χ1v) is 14.7. The maximum absolute atomic E-state index is 12.8. The first kappa shape index (κ1) is 29.9. The lowest BCUT2D eigenvalue weighted by Gasteiger charge is -2.27. The molecule has 1 fully saturated rings. The summed E-state index contributed by atoms with van der Waals surface area (Å²) in [6.45, 7) is 2.81. The lowest BCUT2D eigenvalue weighted by Crippen LogP contribution is -2.37. The predicted molar refractivity (Wildman–Crippen MR) is 169 cm³/mol. The Morgan fingerprint density at radius 3 is 2.64 bits per heavy atom. The van der Waals surface area contributed by atoms with Crippen LogP contribution in [0.5, 0.6) is 0 Å². The molecule has 0 unspecified atom stereocenters. The number of hydrogen-bond acceptors (Lipinski definition) is 9. The van der Waals surface area contributed by atoms with Gasteiger partial charge in [0.25, 0.3) is 0 Å². The number of aryl methyl sites for hydroxylation is 1. The number of imidazole rings is 2. The molecule has 3 N–H and O–H groups in total. The van der Waals surface area contributed by atoms with Crippen molar-refractivity contribution < 1.29 is 22.7 Å². The van der Waals surface area contributed by atoms with E-state index >= 15 is 0 Å². The largest absolute Gasteiger partial charge is 0.416 e. The van der Waals surface area contributed by atoms with E-state index in [1.165, 1.54) is 24.3 Å². The van der Waals surface area contributed by atoms with Crippen LogP contribution in [0.15, 0.2) is 67.3 Å². The third kappa shape index (κ3) is 6.48. The standard InChI is InChI=1S/C31H28F3N11O2/c1-43-17-22(15-37-43)45-18-36-27-28(41-30(42-29(27)45)44-10-12-47-13-11-44)35-16-25-39-23-8-7-21(14-24(23)40-25)38-26(46)9-4-19-2-5-20(6-3-19)31(32,33)34/h2-9,14-15,17-18H,10-13,16H2,1H3,(H,38,46)(H,39,40)(H,35,41,42)/b9-4+. The van der Waals surface area contributed by atoms with Gasteiger partial charge in [-0.15, -0.1) is 0 Å². The normalized spacial score (nSPS) is 14.0. The second kappa shape index (κ2) is 12.2. The quantitative estimate of drug-likeness (QED) is 0.204. The first-order valence-electron chi connectivity index (χ1n) is 14.7. The molecule has 5 heterocycles. The van der Waals surface area contributed by atoms with Crippen molar-refractivity contribution in [2.75, 3.05) is 41.8 Å². The molecule has 6 aromatic rings. The Hall–Kier alpha value is -5.77. The molecule has 0 radical (unpaired) electrons. The number of nitrogens with one attached hydrogen (secondary N) is 3. The Morgan fingerprint density at radius 1 is 1.09 bits per heavy atom. The van der Waals surface area contributed by atoms with Gasteiger partial charge in [-0.1, -0.05) is 12.1 Å². The summed E-state index contributed by atoms with van der Waals surface area (Å²) in [7, 11) is 1.85. The van der Waals surface area contributed by atoms with E-state index in [0.29, 0.717) is 83.9 Å². The second-order valence-electron chi connectivity index (χ2n) is 10.8. The Morgan fingerprint density at radius 2 is 1.89 bits per heavy atom.